The summed E-state index contributed by atoms with van der Waals surface area (Å²) >= 11 is 7.68. The van der Waals surface area contributed by atoms with Crippen molar-refractivity contribution in [2.24, 2.45) is 11.8 Å². The number of hydrogen-bond acceptors (Lipinski definition) is 6. The second kappa shape index (κ2) is 16.4. The van der Waals surface area contributed by atoms with Gasteiger partial charge in [-0.05, 0) is 50.0 Å². The molecule has 1 amide bonds. The number of amides is 1. The van der Waals surface area contributed by atoms with Crippen LogP contribution in [0.4, 0.5) is 0 Å². The van der Waals surface area contributed by atoms with Crippen molar-refractivity contribution in [2.45, 2.75) is 97.4 Å². The summed E-state index contributed by atoms with van der Waals surface area (Å²) in [6.07, 6.45) is 8.87. The Labute approximate surface area is 248 Å². The van der Waals surface area contributed by atoms with Crippen molar-refractivity contribution in [3.05, 3.63) is 40.4 Å². The van der Waals surface area contributed by atoms with Gasteiger partial charge in [0.2, 0.25) is 5.91 Å². The monoisotopic (exact) mass is 587 g/mol. The molecule has 1 fully saturated rings. The maximum absolute atomic E-state index is 13.7. The van der Waals surface area contributed by atoms with Crippen molar-refractivity contribution in [2.75, 3.05) is 19.6 Å². The lowest BCUT2D eigenvalue weighted by Gasteiger charge is -2.28. The number of carbonyl (C=O) groups excluding carboxylic acids is 3. The molecule has 40 heavy (non-hydrogen) atoms. The molecule has 2 atom stereocenters. The fourth-order valence-electron chi connectivity index (χ4n) is 5.60. The standard InChI is InChI=1S/C32H46ClN3O3S/c1-5-27(37)18-24(19-31-35-28-15-13-25(33)20-30(28)40-31)32(39)34-26(17-23-11-9-8-10-12-23)14-16-29(38)22(4)21-36(6-2)7-3/h13,15,20,23-24,26H,4-12,14,16-19,21H2,1-3H3,(H,34,39)/t24-,26+/m0/s1. The lowest BCUT2D eigenvalue weighted by atomic mass is 9.83. The van der Waals surface area contributed by atoms with Gasteiger partial charge in [-0.15, -0.1) is 11.3 Å². The van der Waals surface area contributed by atoms with Crippen LogP contribution < -0.4 is 5.32 Å². The number of nitrogens with one attached hydrogen (secondary N) is 1. The molecular weight excluding hydrogens is 542 g/mol. The third kappa shape index (κ3) is 10.1. The van der Waals surface area contributed by atoms with E-state index in [1.54, 1.807) is 0 Å². The SMILES string of the molecule is C=C(CN(CC)CC)C(=O)CC[C@H](CC1CCCCC1)NC(=O)[C@@H](CC(=O)CC)Cc1nc2ccc(Cl)cc2s1. The molecular formula is C32H46ClN3O3S. The highest BCUT2D eigenvalue weighted by Crippen LogP contribution is 2.30. The fourth-order valence-corrected chi connectivity index (χ4v) is 6.92. The van der Waals surface area contributed by atoms with Crippen molar-refractivity contribution in [3.63, 3.8) is 0 Å². The van der Waals surface area contributed by atoms with E-state index < -0.39 is 5.92 Å². The van der Waals surface area contributed by atoms with Gasteiger partial charge in [-0.25, -0.2) is 4.98 Å². The van der Waals surface area contributed by atoms with Crippen LogP contribution in [0.3, 0.4) is 0 Å². The van der Waals surface area contributed by atoms with E-state index in [0.717, 1.165) is 34.7 Å². The van der Waals surface area contributed by atoms with E-state index in [4.69, 9.17) is 16.6 Å². The predicted molar refractivity (Wildman–Crippen MR) is 166 cm³/mol. The number of carbonyl (C=O) groups is 3. The first-order valence-electron chi connectivity index (χ1n) is 15.0. The summed E-state index contributed by atoms with van der Waals surface area (Å²) in [6, 6.07) is 5.48. The Morgan fingerprint density at radius 2 is 1.88 bits per heavy atom. The van der Waals surface area contributed by atoms with Crippen molar-refractivity contribution in [1.29, 1.82) is 0 Å². The highest BCUT2D eigenvalue weighted by atomic mass is 35.5. The number of Topliss-reactive ketones (excluding diaryl/α,β-unsaturated/α-hetero) is 2. The number of hydrogen-bond donors (Lipinski definition) is 1. The van der Waals surface area contributed by atoms with Crippen molar-refractivity contribution >= 4 is 50.6 Å². The number of fused-ring (bicyclic) bond motifs is 1. The highest BCUT2D eigenvalue weighted by Gasteiger charge is 2.28. The molecule has 6 nitrogen and oxygen atoms in total. The molecule has 0 unspecified atom stereocenters. The average Bonchev–Trinajstić information content (AvgIpc) is 3.35. The summed E-state index contributed by atoms with van der Waals surface area (Å²) < 4.78 is 0.974. The summed E-state index contributed by atoms with van der Waals surface area (Å²) in [6.45, 7) is 12.4. The molecule has 0 bridgehead atoms. The van der Waals surface area contributed by atoms with Gasteiger partial charge in [0.15, 0.2) is 5.78 Å². The zero-order valence-corrected chi connectivity index (χ0v) is 26.0. The average molecular weight is 588 g/mol. The van der Waals surface area contributed by atoms with Gasteiger partial charge in [0.25, 0.3) is 0 Å². The number of rotatable bonds is 17. The van der Waals surface area contributed by atoms with Crippen LogP contribution >= 0.6 is 22.9 Å². The number of benzene rings is 1. The minimum atomic E-state index is -0.495. The first-order chi connectivity index (χ1) is 19.2. The van der Waals surface area contributed by atoms with Gasteiger partial charge >= 0.3 is 0 Å². The van der Waals surface area contributed by atoms with Crippen LogP contribution in [-0.2, 0) is 20.8 Å². The Morgan fingerprint density at radius 3 is 2.55 bits per heavy atom. The molecule has 1 saturated carbocycles. The van der Waals surface area contributed by atoms with Crippen LogP contribution in [0, 0.1) is 11.8 Å². The van der Waals surface area contributed by atoms with Gasteiger partial charge < -0.3 is 5.32 Å². The number of thiazole rings is 1. The predicted octanol–water partition coefficient (Wildman–Crippen LogP) is 7.18. The quantitative estimate of drug-likeness (QED) is 0.198. The molecule has 1 aromatic heterocycles. The van der Waals surface area contributed by atoms with Crippen LogP contribution in [-0.4, -0.2) is 53.0 Å². The van der Waals surface area contributed by atoms with Crippen LogP contribution in [0.5, 0.6) is 0 Å². The molecule has 3 rings (SSSR count). The normalized spacial score (nSPS) is 15.7. The van der Waals surface area contributed by atoms with Gasteiger partial charge in [-0.1, -0.05) is 71.1 Å². The van der Waals surface area contributed by atoms with E-state index in [-0.39, 0.29) is 29.9 Å². The molecule has 1 heterocycles. The molecule has 0 saturated heterocycles. The molecule has 0 radical (unpaired) electrons. The number of ketones is 2. The first-order valence-corrected chi connectivity index (χ1v) is 16.2. The highest BCUT2D eigenvalue weighted by molar-refractivity contribution is 7.18. The topological polar surface area (TPSA) is 79.4 Å². The number of likely N-dealkylation sites (N-methyl/N-ethyl adjacent to an activating group) is 1. The van der Waals surface area contributed by atoms with Crippen LogP contribution in [0.15, 0.2) is 30.4 Å². The van der Waals surface area contributed by atoms with E-state index in [1.807, 2.05) is 25.1 Å². The van der Waals surface area contributed by atoms with E-state index in [0.29, 0.717) is 48.7 Å². The Hall–Kier alpha value is -2.09. The van der Waals surface area contributed by atoms with E-state index >= 15 is 0 Å². The Kier molecular flexibility index (Phi) is 13.3. The van der Waals surface area contributed by atoms with Crippen LogP contribution in [0.25, 0.3) is 10.2 Å². The third-order valence-corrected chi connectivity index (χ3v) is 9.44. The largest absolute Gasteiger partial charge is 0.353 e. The third-order valence-electron chi connectivity index (χ3n) is 8.17. The number of nitrogens with zero attached hydrogens (tertiary/aromatic N) is 2. The van der Waals surface area contributed by atoms with E-state index in [2.05, 4.69) is 30.6 Å². The maximum atomic E-state index is 13.7. The fraction of sp³-hybridized carbons (Fsp3) is 0.625. The first kappa shape index (κ1) is 32.4. The molecule has 8 heteroatoms. The molecule has 220 valence electrons. The Morgan fingerprint density at radius 1 is 1.15 bits per heavy atom. The lowest BCUT2D eigenvalue weighted by molar-refractivity contribution is -0.130. The van der Waals surface area contributed by atoms with E-state index in [9.17, 15) is 14.4 Å². The second-order valence-corrected chi connectivity index (χ2v) is 12.7. The summed E-state index contributed by atoms with van der Waals surface area (Å²) in [5.74, 6) is 0.0782. The number of halogens is 1. The van der Waals surface area contributed by atoms with Gasteiger partial charge in [0.05, 0.1) is 21.1 Å². The molecule has 2 aromatic rings. The zero-order chi connectivity index (χ0) is 29.1. The van der Waals surface area contributed by atoms with Crippen molar-refractivity contribution in [1.82, 2.24) is 15.2 Å². The van der Waals surface area contributed by atoms with Gasteiger partial charge in [-0.3, -0.25) is 19.3 Å². The molecule has 0 aliphatic heterocycles. The maximum Gasteiger partial charge on any atom is 0.224 e. The second-order valence-electron chi connectivity index (χ2n) is 11.2. The Bertz CT molecular complexity index is 1150. The zero-order valence-electron chi connectivity index (χ0n) is 24.5. The van der Waals surface area contributed by atoms with Crippen LogP contribution in [0.1, 0.15) is 90.0 Å². The van der Waals surface area contributed by atoms with E-state index in [1.165, 1.54) is 43.4 Å². The molecule has 1 aliphatic carbocycles. The van der Waals surface area contributed by atoms with Crippen molar-refractivity contribution in [3.8, 4) is 0 Å². The summed E-state index contributed by atoms with van der Waals surface area (Å²) in [5, 5.41) is 4.76. The minimum absolute atomic E-state index is 0.0658. The summed E-state index contributed by atoms with van der Waals surface area (Å²) in [4.78, 5) is 46.1. The lowest BCUT2D eigenvalue weighted by Crippen LogP contribution is -2.42. The minimum Gasteiger partial charge on any atom is -0.353 e. The van der Waals surface area contributed by atoms with Crippen molar-refractivity contribution < 1.29 is 14.4 Å². The van der Waals surface area contributed by atoms with Crippen LogP contribution in [0.2, 0.25) is 5.02 Å². The van der Waals surface area contributed by atoms with Gasteiger partial charge in [0, 0.05) is 48.9 Å². The molecule has 1 N–H and O–H groups in total. The smallest absolute Gasteiger partial charge is 0.224 e. The van der Waals surface area contributed by atoms with Gasteiger partial charge in [-0.2, -0.15) is 0 Å². The molecule has 0 spiro atoms. The summed E-state index contributed by atoms with van der Waals surface area (Å²) in [7, 11) is 0. The van der Waals surface area contributed by atoms with Gasteiger partial charge in [0.1, 0.15) is 5.78 Å². The molecule has 1 aromatic carbocycles. The summed E-state index contributed by atoms with van der Waals surface area (Å²) in [5.41, 5.74) is 1.48. The Balaban J connectivity index is 1.71. The molecule has 1 aliphatic rings. The number of aromatic nitrogens is 1.